The highest BCUT2D eigenvalue weighted by Gasteiger charge is 2.31. The van der Waals surface area contributed by atoms with E-state index in [0.29, 0.717) is 13.1 Å². The Bertz CT molecular complexity index is 1030. The molecule has 1 fully saturated rings. The molecule has 1 N–H and O–H groups in total. The number of alkyl halides is 3. The third-order valence-corrected chi connectivity index (χ3v) is 6.47. The summed E-state index contributed by atoms with van der Waals surface area (Å²) in [6.45, 7) is 0.968. The number of sulfonamides is 1. The minimum absolute atomic E-state index is 0.122. The smallest absolute Gasteiger partial charge is 0.422 e. The number of hydrogen-bond acceptors (Lipinski definition) is 4. The fraction of sp³-hybridized carbons (Fsp3) is 0.350. The number of ether oxygens (including phenoxy) is 1. The third kappa shape index (κ3) is 5.31. The molecule has 0 radical (unpaired) electrons. The second-order valence-corrected chi connectivity index (χ2v) is 8.93. The molecule has 1 heterocycles. The Kier molecular flexibility index (Phi) is 6.37. The molecular weight excluding hydrogens is 421 g/mol. The van der Waals surface area contributed by atoms with E-state index in [4.69, 9.17) is 4.74 Å². The number of anilines is 1. The maximum atomic E-state index is 12.8. The van der Waals surface area contributed by atoms with Crippen molar-refractivity contribution in [2.45, 2.75) is 30.8 Å². The quantitative estimate of drug-likeness (QED) is 0.735. The Morgan fingerprint density at radius 2 is 1.83 bits per heavy atom. The number of hydrogen-bond donors (Lipinski definition) is 1. The molecule has 2 aromatic rings. The van der Waals surface area contributed by atoms with Crippen LogP contribution < -0.4 is 10.1 Å². The number of carbonyl (C=O) groups excluding carboxylic acids is 1. The first-order valence-electron chi connectivity index (χ1n) is 9.28. The van der Waals surface area contributed by atoms with E-state index >= 15 is 0 Å². The van der Waals surface area contributed by atoms with Crippen LogP contribution in [0.2, 0.25) is 0 Å². The standard InChI is InChI=1S/C20H21F3N2O4S/c1-14-5-4-6-15(11-14)19(26)24-17-12-16(30(27,28)25-9-2-3-10-25)7-8-18(17)29-13-20(21,22)23/h4-8,11-12H,2-3,9-10,13H2,1H3,(H,24,26). The highest BCUT2D eigenvalue weighted by molar-refractivity contribution is 7.89. The van der Waals surface area contributed by atoms with Crippen molar-refractivity contribution in [1.29, 1.82) is 0 Å². The summed E-state index contributed by atoms with van der Waals surface area (Å²) in [6.07, 6.45) is -3.11. The zero-order valence-electron chi connectivity index (χ0n) is 16.2. The molecule has 10 heteroatoms. The first-order valence-corrected chi connectivity index (χ1v) is 10.7. The van der Waals surface area contributed by atoms with E-state index in [9.17, 15) is 26.4 Å². The molecule has 3 rings (SSSR count). The maximum absolute atomic E-state index is 12.8. The van der Waals surface area contributed by atoms with Crippen LogP contribution in [0.15, 0.2) is 47.4 Å². The molecule has 30 heavy (non-hydrogen) atoms. The van der Waals surface area contributed by atoms with Gasteiger partial charge in [-0.2, -0.15) is 17.5 Å². The van der Waals surface area contributed by atoms with Crippen LogP contribution in [0.1, 0.15) is 28.8 Å². The lowest BCUT2D eigenvalue weighted by Gasteiger charge is -2.18. The summed E-state index contributed by atoms with van der Waals surface area (Å²) in [7, 11) is -3.82. The van der Waals surface area contributed by atoms with Gasteiger partial charge >= 0.3 is 6.18 Å². The van der Waals surface area contributed by atoms with Crippen molar-refractivity contribution >= 4 is 21.6 Å². The van der Waals surface area contributed by atoms with E-state index in [-0.39, 0.29) is 21.9 Å². The zero-order chi connectivity index (χ0) is 21.9. The monoisotopic (exact) mass is 442 g/mol. The molecule has 0 aliphatic carbocycles. The zero-order valence-corrected chi connectivity index (χ0v) is 17.0. The molecule has 0 saturated carbocycles. The van der Waals surface area contributed by atoms with E-state index in [0.717, 1.165) is 30.5 Å². The van der Waals surface area contributed by atoms with Crippen LogP contribution in [0.4, 0.5) is 18.9 Å². The largest absolute Gasteiger partial charge is 0.482 e. The van der Waals surface area contributed by atoms with Gasteiger partial charge in [0.25, 0.3) is 5.91 Å². The second-order valence-electron chi connectivity index (χ2n) is 7.00. The summed E-state index contributed by atoms with van der Waals surface area (Å²) in [6, 6.07) is 10.0. The van der Waals surface area contributed by atoms with Gasteiger partial charge in [0.05, 0.1) is 10.6 Å². The minimum atomic E-state index is -4.59. The molecule has 2 aromatic carbocycles. The minimum Gasteiger partial charge on any atom is -0.482 e. The summed E-state index contributed by atoms with van der Waals surface area (Å²) in [5, 5.41) is 2.48. The van der Waals surface area contributed by atoms with E-state index < -0.39 is 28.7 Å². The fourth-order valence-corrected chi connectivity index (χ4v) is 4.65. The molecule has 1 aliphatic heterocycles. The number of amides is 1. The SMILES string of the molecule is Cc1cccc(C(=O)Nc2cc(S(=O)(=O)N3CCCC3)ccc2OCC(F)(F)F)c1. The molecule has 162 valence electrons. The summed E-state index contributed by atoms with van der Waals surface area (Å²) >= 11 is 0. The van der Waals surface area contributed by atoms with Crippen LogP contribution in [-0.2, 0) is 10.0 Å². The van der Waals surface area contributed by atoms with Crippen molar-refractivity contribution in [2.24, 2.45) is 0 Å². The van der Waals surface area contributed by atoms with Gasteiger partial charge in [-0.25, -0.2) is 8.42 Å². The molecule has 0 bridgehead atoms. The van der Waals surface area contributed by atoms with Crippen molar-refractivity contribution in [3.63, 3.8) is 0 Å². The Labute approximate surface area is 172 Å². The Morgan fingerprint density at radius 3 is 2.47 bits per heavy atom. The van der Waals surface area contributed by atoms with Crippen molar-refractivity contribution in [3.05, 3.63) is 53.6 Å². The number of nitrogens with zero attached hydrogens (tertiary/aromatic N) is 1. The van der Waals surface area contributed by atoms with Crippen molar-refractivity contribution in [2.75, 3.05) is 25.0 Å². The normalized spacial score (nSPS) is 15.2. The van der Waals surface area contributed by atoms with Gasteiger partial charge < -0.3 is 10.1 Å². The second kappa shape index (κ2) is 8.65. The van der Waals surface area contributed by atoms with E-state index in [1.165, 1.54) is 10.4 Å². The highest BCUT2D eigenvalue weighted by Crippen LogP contribution is 2.32. The van der Waals surface area contributed by atoms with Gasteiger partial charge in [-0.1, -0.05) is 17.7 Å². The number of nitrogens with one attached hydrogen (secondary N) is 1. The van der Waals surface area contributed by atoms with Crippen LogP contribution in [0.3, 0.4) is 0 Å². The number of benzene rings is 2. The first kappa shape index (κ1) is 22.1. The molecule has 0 spiro atoms. The Morgan fingerprint density at radius 1 is 1.13 bits per heavy atom. The van der Waals surface area contributed by atoms with Crippen LogP contribution in [0.5, 0.6) is 5.75 Å². The number of aryl methyl sites for hydroxylation is 1. The van der Waals surface area contributed by atoms with E-state index in [1.807, 2.05) is 0 Å². The maximum Gasteiger partial charge on any atom is 0.422 e. The Hall–Kier alpha value is -2.59. The van der Waals surface area contributed by atoms with Gasteiger partial charge in [-0.15, -0.1) is 0 Å². The molecule has 1 saturated heterocycles. The van der Waals surface area contributed by atoms with Crippen LogP contribution >= 0.6 is 0 Å². The van der Waals surface area contributed by atoms with Crippen LogP contribution in [-0.4, -0.2) is 44.5 Å². The summed E-state index contributed by atoms with van der Waals surface area (Å²) in [4.78, 5) is 12.5. The number of halogens is 3. The first-order chi connectivity index (χ1) is 14.1. The predicted octanol–water partition coefficient (Wildman–Crippen LogP) is 3.97. The van der Waals surface area contributed by atoms with Crippen molar-refractivity contribution < 1.29 is 31.1 Å². The lowest BCUT2D eigenvalue weighted by molar-refractivity contribution is -0.153. The summed E-state index contributed by atoms with van der Waals surface area (Å²) in [5.41, 5.74) is 0.956. The van der Waals surface area contributed by atoms with Crippen molar-refractivity contribution in [1.82, 2.24) is 4.31 Å². The Balaban J connectivity index is 1.94. The highest BCUT2D eigenvalue weighted by atomic mass is 32.2. The summed E-state index contributed by atoms with van der Waals surface area (Å²) in [5.74, 6) is -0.861. The van der Waals surface area contributed by atoms with Crippen molar-refractivity contribution in [3.8, 4) is 5.75 Å². The average molecular weight is 442 g/mol. The lowest BCUT2D eigenvalue weighted by atomic mass is 10.1. The summed E-state index contributed by atoms with van der Waals surface area (Å²) < 4.78 is 69.5. The predicted molar refractivity (Wildman–Crippen MR) is 105 cm³/mol. The fourth-order valence-electron chi connectivity index (χ4n) is 3.11. The molecule has 1 amide bonds. The van der Waals surface area contributed by atoms with Gasteiger partial charge in [0, 0.05) is 18.7 Å². The van der Waals surface area contributed by atoms with E-state index in [1.54, 1.807) is 31.2 Å². The topological polar surface area (TPSA) is 75.7 Å². The van der Waals surface area contributed by atoms with Gasteiger partial charge in [0.2, 0.25) is 10.0 Å². The average Bonchev–Trinajstić information content (AvgIpc) is 3.22. The molecule has 6 nitrogen and oxygen atoms in total. The van der Waals surface area contributed by atoms with E-state index in [2.05, 4.69) is 5.32 Å². The molecule has 0 atom stereocenters. The molecular formula is C20H21F3N2O4S. The molecule has 0 unspecified atom stereocenters. The third-order valence-electron chi connectivity index (χ3n) is 4.57. The van der Waals surface area contributed by atoms with Gasteiger partial charge in [0.1, 0.15) is 5.75 Å². The molecule has 1 aliphatic rings. The lowest BCUT2D eigenvalue weighted by Crippen LogP contribution is -2.28. The van der Waals surface area contributed by atoms with Crippen LogP contribution in [0.25, 0.3) is 0 Å². The van der Waals surface area contributed by atoms with Gasteiger partial charge in [-0.3, -0.25) is 4.79 Å². The van der Waals surface area contributed by atoms with Gasteiger partial charge in [-0.05, 0) is 50.1 Å². The van der Waals surface area contributed by atoms with Gasteiger partial charge in [0.15, 0.2) is 6.61 Å². The van der Waals surface area contributed by atoms with Crippen LogP contribution in [0, 0.1) is 6.92 Å². The molecule has 0 aromatic heterocycles. The number of rotatable bonds is 6. The number of carbonyl (C=O) groups is 1.